The molecule has 0 radical (unpaired) electrons. The molecule has 0 fully saturated rings. The van der Waals surface area contributed by atoms with Crippen molar-refractivity contribution in [1.82, 2.24) is 4.98 Å². The lowest BCUT2D eigenvalue weighted by molar-refractivity contribution is 0.185. The molecule has 1 aromatic heterocycles. The Morgan fingerprint density at radius 2 is 2.21 bits per heavy atom. The van der Waals surface area contributed by atoms with Crippen LogP contribution in [0.3, 0.4) is 0 Å². The highest BCUT2D eigenvalue weighted by atomic mass is 16.3. The molecular weight excluding hydrogens is 174 g/mol. The van der Waals surface area contributed by atoms with Crippen molar-refractivity contribution in [2.45, 2.75) is 25.9 Å². The Balaban J connectivity index is 2.17. The minimum absolute atomic E-state index is 0.214. The van der Waals surface area contributed by atoms with E-state index in [0.29, 0.717) is 0 Å². The zero-order valence-electron chi connectivity index (χ0n) is 8.33. The Bertz CT molecular complexity index is 417. The second kappa shape index (κ2) is 3.84. The fourth-order valence-electron chi connectivity index (χ4n) is 1.63. The van der Waals surface area contributed by atoms with Crippen molar-refractivity contribution in [3.63, 3.8) is 0 Å². The summed E-state index contributed by atoms with van der Waals surface area (Å²) < 4.78 is 0. The Morgan fingerprint density at radius 3 is 3.00 bits per heavy atom. The lowest BCUT2D eigenvalue weighted by Crippen LogP contribution is -2.01. The number of rotatable bonds is 3. The molecule has 2 rings (SSSR count). The smallest absolute Gasteiger partial charge is 0.0515 e. The summed E-state index contributed by atoms with van der Waals surface area (Å²) in [6, 6.07) is 8.45. The summed E-state index contributed by atoms with van der Waals surface area (Å²) in [5.41, 5.74) is 2.45. The van der Waals surface area contributed by atoms with E-state index < -0.39 is 0 Å². The molecule has 14 heavy (non-hydrogen) atoms. The van der Waals surface area contributed by atoms with Crippen molar-refractivity contribution in [1.29, 1.82) is 0 Å². The zero-order valence-corrected chi connectivity index (χ0v) is 8.33. The van der Waals surface area contributed by atoms with Crippen molar-refractivity contribution in [2.75, 3.05) is 0 Å². The highest BCUT2D eigenvalue weighted by molar-refractivity contribution is 5.79. The minimum Gasteiger partial charge on any atom is -0.393 e. The van der Waals surface area contributed by atoms with Gasteiger partial charge < -0.3 is 10.1 Å². The molecule has 2 N–H and O–H groups in total. The van der Waals surface area contributed by atoms with Crippen LogP contribution in [0.4, 0.5) is 0 Å². The molecule has 0 spiro atoms. The van der Waals surface area contributed by atoms with E-state index in [4.69, 9.17) is 0 Å². The van der Waals surface area contributed by atoms with E-state index in [1.807, 2.05) is 13.1 Å². The van der Waals surface area contributed by atoms with Gasteiger partial charge in [0, 0.05) is 11.7 Å². The largest absolute Gasteiger partial charge is 0.393 e. The van der Waals surface area contributed by atoms with Crippen LogP contribution >= 0.6 is 0 Å². The molecule has 2 heteroatoms. The number of aryl methyl sites for hydroxylation is 1. The summed E-state index contributed by atoms with van der Waals surface area (Å²) in [7, 11) is 0. The second-order valence-electron chi connectivity index (χ2n) is 3.79. The molecule has 0 aliphatic heterocycles. The Kier molecular flexibility index (Phi) is 2.55. The average Bonchev–Trinajstić information content (AvgIpc) is 2.61. The third-order valence-electron chi connectivity index (χ3n) is 2.47. The van der Waals surface area contributed by atoms with Crippen molar-refractivity contribution in [3.8, 4) is 0 Å². The highest BCUT2D eigenvalue weighted by Gasteiger charge is 1.99. The van der Waals surface area contributed by atoms with Gasteiger partial charge in [-0.2, -0.15) is 0 Å². The van der Waals surface area contributed by atoms with Gasteiger partial charge in [0.2, 0.25) is 0 Å². The predicted molar refractivity (Wildman–Crippen MR) is 58.3 cm³/mol. The monoisotopic (exact) mass is 189 g/mol. The van der Waals surface area contributed by atoms with Gasteiger partial charge in [-0.25, -0.2) is 0 Å². The number of nitrogens with one attached hydrogen (secondary N) is 1. The Hall–Kier alpha value is -1.28. The van der Waals surface area contributed by atoms with Crippen LogP contribution in [0.25, 0.3) is 10.9 Å². The average molecular weight is 189 g/mol. The number of H-pyrrole nitrogens is 1. The summed E-state index contributed by atoms with van der Waals surface area (Å²) in [5.74, 6) is 0. The molecule has 1 atom stereocenters. The molecule has 2 nitrogen and oxygen atoms in total. The Morgan fingerprint density at radius 1 is 1.36 bits per heavy atom. The van der Waals surface area contributed by atoms with Crippen LogP contribution in [0.15, 0.2) is 30.5 Å². The minimum atomic E-state index is -0.214. The summed E-state index contributed by atoms with van der Waals surface area (Å²) >= 11 is 0. The first kappa shape index (κ1) is 9.28. The van der Waals surface area contributed by atoms with Gasteiger partial charge in [0.25, 0.3) is 0 Å². The van der Waals surface area contributed by atoms with Crippen LogP contribution in [0.1, 0.15) is 18.9 Å². The number of hydrogen-bond donors (Lipinski definition) is 2. The predicted octanol–water partition coefficient (Wildman–Crippen LogP) is 2.48. The Labute approximate surface area is 83.6 Å². The van der Waals surface area contributed by atoms with E-state index in [1.54, 1.807) is 0 Å². The SMILES string of the molecule is C[C@H](O)CCc1ccc2cc[nH]c2c1. The fraction of sp³-hybridized carbons (Fsp3) is 0.333. The number of aromatic amines is 1. The molecule has 1 heterocycles. The first-order chi connectivity index (χ1) is 6.75. The van der Waals surface area contributed by atoms with Crippen LogP contribution in [-0.2, 0) is 6.42 Å². The van der Waals surface area contributed by atoms with E-state index in [0.717, 1.165) is 12.8 Å². The molecule has 0 saturated carbocycles. The second-order valence-corrected chi connectivity index (χ2v) is 3.79. The van der Waals surface area contributed by atoms with Crippen LogP contribution in [-0.4, -0.2) is 16.2 Å². The van der Waals surface area contributed by atoms with E-state index >= 15 is 0 Å². The molecule has 74 valence electrons. The topological polar surface area (TPSA) is 36.0 Å². The summed E-state index contributed by atoms with van der Waals surface area (Å²) in [4.78, 5) is 3.19. The third-order valence-corrected chi connectivity index (χ3v) is 2.47. The van der Waals surface area contributed by atoms with Gasteiger partial charge in [-0.1, -0.05) is 12.1 Å². The summed E-state index contributed by atoms with van der Waals surface area (Å²) in [6.45, 7) is 1.83. The molecule has 0 amide bonds. The van der Waals surface area contributed by atoms with Crippen molar-refractivity contribution in [3.05, 3.63) is 36.0 Å². The van der Waals surface area contributed by atoms with Crippen LogP contribution in [0, 0.1) is 0 Å². The van der Waals surface area contributed by atoms with Gasteiger partial charge in [-0.3, -0.25) is 0 Å². The number of benzene rings is 1. The number of aliphatic hydroxyl groups is 1. The van der Waals surface area contributed by atoms with E-state index in [1.165, 1.54) is 16.5 Å². The van der Waals surface area contributed by atoms with Crippen molar-refractivity contribution < 1.29 is 5.11 Å². The fourth-order valence-corrected chi connectivity index (χ4v) is 1.63. The standard InChI is InChI=1S/C12H15NO/c1-9(14)2-3-10-4-5-11-6-7-13-12(11)8-10/h4-9,13-14H,2-3H2,1H3/t9-/m0/s1. The van der Waals surface area contributed by atoms with Crippen molar-refractivity contribution in [2.24, 2.45) is 0 Å². The van der Waals surface area contributed by atoms with E-state index in [-0.39, 0.29) is 6.10 Å². The molecule has 0 aliphatic rings. The van der Waals surface area contributed by atoms with Gasteiger partial charge in [-0.05, 0) is 42.8 Å². The summed E-state index contributed by atoms with van der Waals surface area (Å²) in [6.07, 6.45) is 3.50. The molecule has 0 aliphatic carbocycles. The molecule has 1 aromatic carbocycles. The van der Waals surface area contributed by atoms with Crippen LogP contribution < -0.4 is 0 Å². The normalized spacial score (nSPS) is 13.3. The molecule has 0 saturated heterocycles. The van der Waals surface area contributed by atoms with Crippen LogP contribution in [0.2, 0.25) is 0 Å². The van der Waals surface area contributed by atoms with Gasteiger partial charge in [0.15, 0.2) is 0 Å². The number of aromatic nitrogens is 1. The number of aliphatic hydroxyl groups excluding tert-OH is 1. The van der Waals surface area contributed by atoms with Gasteiger partial charge in [0.05, 0.1) is 6.10 Å². The maximum Gasteiger partial charge on any atom is 0.0515 e. The molecular formula is C12H15NO. The maximum absolute atomic E-state index is 9.18. The number of fused-ring (bicyclic) bond motifs is 1. The van der Waals surface area contributed by atoms with Crippen molar-refractivity contribution >= 4 is 10.9 Å². The lowest BCUT2D eigenvalue weighted by atomic mass is 10.1. The van der Waals surface area contributed by atoms with Gasteiger partial charge in [-0.15, -0.1) is 0 Å². The summed E-state index contributed by atoms with van der Waals surface area (Å²) in [5, 5.41) is 10.4. The third kappa shape index (κ3) is 1.96. The first-order valence-corrected chi connectivity index (χ1v) is 5.00. The first-order valence-electron chi connectivity index (χ1n) is 5.00. The van der Waals surface area contributed by atoms with Crippen LogP contribution in [0.5, 0.6) is 0 Å². The molecule has 0 unspecified atom stereocenters. The maximum atomic E-state index is 9.18. The quantitative estimate of drug-likeness (QED) is 0.764. The van der Waals surface area contributed by atoms with E-state index in [2.05, 4.69) is 29.2 Å². The molecule has 0 bridgehead atoms. The number of hydrogen-bond acceptors (Lipinski definition) is 1. The lowest BCUT2D eigenvalue weighted by Gasteiger charge is -2.04. The molecule has 2 aromatic rings. The highest BCUT2D eigenvalue weighted by Crippen LogP contribution is 2.15. The van der Waals surface area contributed by atoms with Gasteiger partial charge in [0.1, 0.15) is 0 Å². The zero-order chi connectivity index (χ0) is 9.97. The van der Waals surface area contributed by atoms with Gasteiger partial charge >= 0.3 is 0 Å². The van der Waals surface area contributed by atoms with E-state index in [9.17, 15) is 5.11 Å².